The Balaban J connectivity index is 0.883. The molecule has 1 aliphatic carbocycles. The van der Waals surface area contributed by atoms with Crippen LogP contribution in [0.4, 0.5) is 17.1 Å². The molecule has 0 unspecified atom stereocenters. The van der Waals surface area contributed by atoms with Crippen LogP contribution in [0.1, 0.15) is 98.8 Å². The number of hydrogen-bond acceptors (Lipinski definition) is 11. The van der Waals surface area contributed by atoms with E-state index in [0.717, 1.165) is 69.5 Å². The fourth-order valence-electron chi connectivity index (χ4n) is 10.3. The molecule has 322 valence electrons. The van der Waals surface area contributed by atoms with Gasteiger partial charge in [0.05, 0.1) is 34.4 Å². The highest BCUT2D eigenvalue weighted by atomic mass is 32.2. The van der Waals surface area contributed by atoms with Crippen LogP contribution in [0.25, 0.3) is 11.0 Å². The van der Waals surface area contributed by atoms with Crippen LogP contribution in [-0.2, 0) is 10.0 Å². The van der Waals surface area contributed by atoms with Crippen LogP contribution in [-0.4, -0.2) is 91.4 Å². The molecule has 1 amide bonds. The largest absolute Gasteiger partial charge is 0.453 e. The summed E-state index contributed by atoms with van der Waals surface area (Å²) >= 11 is 0. The quantitative estimate of drug-likeness (QED) is 0.0904. The van der Waals surface area contributed by atoms with Gasteiger partial charge in [-0.3, -0.25) is 9.69 Å². The van der Waals surface area contributed by atoms with Gasteiger partial charge in [0, 0.05) is 49.4 Å². The number of ether oxygens (including phenoxy) is 1. The zero-order valence-electron chi connectivity index (χ0n) is 35.6. The first-order valence-electron chi connectivity index (χ1n) is 22.0. The summed E-state index contributed by atoms with van der Waals surface area (Å²) in [6.45, 7) is 10.3. The number of rotatable bonds is 12. The summed E-state index contributed by atoms with van der Waals surface area (Å²) in [5.74, 6) is 0.656. The van der Waals surface area contributed by atoms with Crippen molar-refractivity contribution in [2.45, 2.75) is 88.1 Å². The number of benzene rings is 2. The number of amides is 1. The predicted molar refractivity (Wildman–Crippen MR) is 241 cm³/mol. The van der Waals surface area contributed by atoms with Crippen molar-refractivity contribution in [1.29, 1.82) is 0 Å². The normalized spacial score (nSPS) is 20.3. The monoisotopic (exact) mass is 845 g/mol. The molecule has 4 fully saturated rings. The lowest BCUT2D eigenvalue weighted by Gasteiger charge is -2.56. The van der Waals surface area contributed by atoms with E-state index in [-0.39, 0.29) is 22.0 Å². The zero-order chi connectivity index (χ0) is 42.3. The van der Waals surface area contributed by atoms with Gasteiger partial charge in [-0.2, -0.15) is 0 Å². The van der Waals surface area contributed by atoms with Gasteiger partial charge in [0.15, 0.2) is 11.4 Å². The Kier molecular flexibility index (Phi) is 11.4. The number of sulfonamides is 1. The Labute approximate surface area is 359 Å². The maximum atomic E-state index is 13.9. The van der Waals surface area contributed by atoms with Gasteiger partial charge >= 0.3 is 0 Å². The Bertz CT molecular complexity index is 2480. The van der Waals surface area contributed by atoms with Crippen molar-refractivity contribution >= 4 is 44.0 Å². The summed E-state index contributed by atoms with van der Waals surface area (Å²) < 4.78 is 35.8. The first kappa shape index (κ1) is 41.2. The zero-order valence-corrected chi connectivity index (χ0v) is 36.4. The second kappa shape index (κ2) is 16.9. The van der Waals surface area contributed by atoms with Crippen molar-refractivity contribution in [2.24, 2.45) is 11.3 Å². The second-order valence-electron chi connectivity index (χ2n) is 18.3. The van der Waals surface area contributed by atoms with E-state index in [1.165, 1.54) is 55.5 Å². The third-order valence-electron chi connectivity index (χ3n) is 13.9. The Morgan fingerprint density at radius 1 is 0.967 bits per heavy atom. The van der Waals surface area contributed by atoms with Crippen molar-refractivity contribution in [3.63, 3.8) is 0 Å². The number of nitrogens with one attached hydrogen (secondary N) is 3. The van der Waals surface area contributed by atoms with Gasteiger partial charge in [0.25, 0.3) is 15.9 Å². The maximum Gasteiger partial charge on any atom is 0.287 e. The van der Waals surface area contributed by atoms with Crippen LogP contribution in [0, 0.1) is 11.3 Å². The molecule has 3 aliphatic heterocycles. The van der Waals surface area contributed by atoms with E-state index in [1.54, 1.807) is 30.7 Å². The standard InChI is InChI=1S/C47H59N9O4S/c1-31(2)38-7-4-5-8-39(38)42-9-6-18-56(42)35-26-47(27-35)15-21-55(22-16-47)34-24-43(60-36-23-33-12-17-49-45(33)52-30-36)44(51-29-34)46(57)53-61(58,59)37-10-11-41(40(48)25-37)50-28-32-13-19-54(3)20-14-32/h4-5,7-8,10-12,17,23-25,29-32,35,42,50H,6,9,13-16,18-22,26-28,48H2,1-3H3,(H,49,52)(H,53,57)/t42-/m0/s1. The van der Waals surface area contributed by atoms with E-state index in [0.29, 0.717) is 46.4 Å². The van der Waals surface area contributed by atoms with Crippen molar-refractivity contribution < 1.29 is 17.9 Å². The number of nitrogens with zero attached hydrogens (tertiary/aromatic N) is 5. The highest BCUT2D eigenvalue weighted by Crippen LogP contribution is 2.54. The molecular formula is C47H59N9O4S. The van der Waals surface area contributed by atoms with Gasteiger partial charge in [-0.25, -0.2) is 23.1 Å². The van der Waals surface area contributed by atoms with Crippen molar-refractivity contribution in [1.82, 2.24) is 29.5 Å². The molecule has 5 aromatic rings. The number of piperidine rings is 2. The van der Waals surface area contributed by atoms with E-state index in [4.69, 9.17) is 10.5 Å². The molecule has 13 nitrogen and oxygen atoms in total. The number of aromatic nitrogens is 3. The van der Waals surface area contributed by atoms with E-state index < -0.39 is 15.9 Å². The average Bonchev–Trinajstić information content (AvgIpc) is 3.93. The molecule has 5 N–H and O–H groups in total. The summed E-state index contributed by atoms with van der Waals surface area (Å²) in [7, 11) is -2.19. The minimum Gasteiger partial charge on any atom is -0.453 e. The minimum atomic E-state index is -4.31. The average molecular weight is 846 g/mol. The Morgan fingerprint density at radius 2 is 1.75 bits per heavy atom. The molecule has 0 radical (unpaired) electrons. The van der Waals surface area contributed by atoms with Crippen molar-refractivity contribution in [3.8, 4) is 11.5 Å². The highest BCUT2D eigenvalue weighted by Gasteiger charge is 2.50. The molecule has 0 bridgehead atoms. The first-order chi connectivity index (χ1) is 29.4. The lowest BCUT2D eigenvalue weighted by Crippen LogP contribution is -2.55. The predicted octanol–water partition coefficient (Wildman–Crippen LogP) is 7.91. The van der Waals surface area contributed by atoms with Crippen LogP contribution in [0.3, 0.4) is 0 Å². The number of anilines is 3. The third-order valence-corrected chi connectivity index (χ3v) is 15.2. The second-order valence-corrected chi connectivity index (χ2v) is 20.0. The number of pyridine rings is 2. The molecule has 9 rings (SSSR count). The van der Waals surface area contributed by atoms with Crippen LogP contribution < -0.4 is 25.4 Å². The van der Waals surface area contributed by atoms with Crippen LogP contribution >= 0.6 is 0 Å². The minimum absolute atomic E-state index is 0.120. The molecule has 1 saturated carbocycles. The lowest BCUT2D eigenvalue weighted by atomic mass is 9.59. The molecule has 2 aromatic carbocycles. The fourth-order valence-corrected chi connectivity index (χ4v) is 11.3. The van der Waals surface area contributed by atoms with Gasteiger partial charge in [-0.05, 0) is 137 Å². The summed E-state index contributed by atoms with van der Waals surface area (Å²) in [5.41, 5.74) is 12.0. The molecule has 4 aliphatic rings. The number of likely N-dealkylation sites (tertiary alicyclic amines) is 2. The molecule has 14 heteroatoms. The fraction of sp³-hybridized carbons (Fsp3) is 0.468. The van der Waals surface area contributed by atoms with Crippen molar-refractivity contribution in [3.05, 3.63) is 96.1 Å². The van der Waals surface area contributed by atoms with Gasteiger partial charge in [0.1, 0.15) is 11.4 Å². The van der Waals surface area contributed by atoms with E-state index in [9.17, 15) is 13.2 Å². The number of hydrogen-bond donors (Lipinski definition) is 4. The van der Waals surface area contributed by atoms with Gasteiger partial charge in [-0.1, -0.05) is 38.1 Å². The number of aromatic amines is 1. The van der Waals surface area contributed by atoms with Crippen molar-refractivity contribution in [2.75, 3.05) is 62.3 Å². The molecule has 3 aromatic heterocycles. The molecule has 61 heavy (non-hydrogen) atoms. The molecular weight excluding hydrogens is 787 g/mol. The lowest BCUT2D eigenvalue weighted by molar-refractivity contribution is -0.0228. The van der Waals surface area contributed by atoms with Gasteiger partial charge in [-0.15, -0.1) is 0 Å². The number of nitrogen functional groups attached to an aromatic ring is 1. The maximum absolute atomic E-state index is 13.9. The molecule has 1 spiro atoms. The summed E-state index contributed by atoms with van der Waals surface area (Å²) in [6.07, 6.45) is 14.3. The number of carbonyl (C=O) groups excluding carboxylic acids is 1. The van der Waals surface area contributed by atoms with Crippen LogP contribution in [0.5, 0.6) is 11.5 Å². The van der Waals surface area contributed by atoms with Crippen LogP contribution in [0.15, 0.2) is 84.1 Å². The Hall–Kier alpha value is -5.18. The van der Waals surface area contributed by atoms with Crippen LogP contribution in [0.2, 0.25) is 0 Å². The summed E-state index contributed by atoms with van der Waals surface area (Å²) in [6, 6.07) is 20.1. The third kappa shape index (κ3) is 8.67. The summed E-state index contributed by atoms with van der Waals surface area (Å²) in [4.78, 5) is 33.3. The van der Waals surface area contributed by atoms with Gasteiger partial charge < -0.3 is 30.6 Å². The molecule has 6 heterocycles. The Morgan fingerprint density at radius 3 is 2.52 bits per heavy atom. The number of carbonyl (C=O) groups is 1. The van der Waals surface area contributed by atoms with E-state index in [1.807, 2.05) is 12.1 Å². The number of nitrogens with two attached hydrogens (primary N) is 1. The topological polar surface area (TPSA) is 162 Å². The molecule has 1 atom stereocenters. The highest BCUT2D eigenvalue weighted by molar-refractivity contribution is 7.90. The van der Waals surface area contributed by atoms with E-state index in [2.05, 4.69) is 84.9 Å². The smallest absolute Gasteiger partial charge is 0.287 e. The number of fused-ring (bicyclic) bond motifs is 1. The molecule has 3 saturated heterocycles. The van der Waals surface area contributed by atoms with Gasteiger partial charge in [0.2, 0.25) is 0 Å². The van der Waals surface area contributed by atoms with E-state index >= 15 is 0 Å². The first-order valence-corrected chi connectivity index (χ1v) is 23.5. The number of H-pyrrole nitrogens is 1. The summed E-state index contributed by atoms with van der Waals surface area (Å²) in [5, 5.41) is 4.22. The SMILES string of the molecule is CC(C)c1ccccc1[C@@H]1CCCN1C1CC2(CCN(c3cnc(C(=O)NS(=O)(=O)c4ccc(NCC5CCN(C)CC5)c(N)c4)c(Oc4cnc5[nH]ccc5c4)c3)CC2)C1.